The molecular formula is C26H42N4O2. The zero-order chi connectivity index (χ0) is 22.6. The Kier molecular flexibility index (Phi) is 10.3. The van der Waals surface area contributed by atoms with Gasteiger partial charge in [0.05, 0.1) is 6.10 Å². The second kappa shape index (κ2) is 13.5. The first-order valence-corrected chi connectivity index (χ1v) is 12.6. The van der Waals surface area contributed by atoms with Crippen LogP contribution in [0.5, 0.6) is 0 Å². The zero-order valence-electron chi connectivity index (χ0n) is 20.0. The predicted molar refractivity (Wildman–Crippen MR) is 131 cm³/mol. The van der Waals surface area contributed by atoms with Crippen molar-refractivity contribution in [3.05, 3.63) is 35.9 Å². The molecule has 1 aromatic carbocycles. The van der Waals surface area contributed by atoms with E-state index in [2.05, 4.69) is 48.7 Å². The summed E-state index contributed by atoms with van der Waals surface area (Å²) < 4.78 is 6.04. The summed E-state index contributed by atoms with van der Waals surface area (Å²) in [4.78, 5) is 19.2. The molecule has 1 aliphatic carbocycles. The van der Waals surface area contributed by atoms with Gasteiger partial charge in [-0.15, -0.1) is 0 Å². The van der Waals surface area contributed by atoms with E-state index in [4.69, 9.17) is 9.73 Å². The number of nitrogens with one attached hydrogen (secondary N) is 2. The number of aliphatic imine (C=N–C) groups is 1. The molecule has 1 amide bonds. The molecule has 1 saturated heterocycles. The van der Waals surface area contributed by atoms with E-state index in [-0.39, 0.29) is 5.91 Å². The molecule has 1 aliphatic heterocycles. The highest BCUT2D eigenvalue weighted by molar-refractivity contribution is 5.80. The van der Waals surface area contributed by atoms with Gasteiger partial charge < -0.3 is 20.3 Å². The highest BCUT2D eigenvalue weighted by Gasteiger charge is 2.29. The maximum absolute atomic E-state index is 12.4. The van der Waals surface area contributed by atoms with Crippen molar-refractivity contribution >= 4 is 11.9 Å². The van der Waals surface area contributed by atoms with Gasteiger partial charge in [-0.2, -0.15) is 0 Å². The van der Waals surface area contributed by atoms with E-state index in [0.717, 1.165) is 51.6 Å². The number of carbonyl (C=O) groups excluding carboxylic acids is 1. The molecule has 1 heterocycles. The number of nitrogens with zero attached hydrogens (tertiary/aromatic N) is 2. The first kappa shape index (κ1) is 24.6. The Labute approximate surface area is 194 Å². The number of hydrogen-bond acceptors (Lipinski definition) is 3. The van der Waals surface area contributed by atoms with E-state index in [1.165, 1.54) is 31.2 Å². The molecular weight excluding hydrogens is 400 g/mol. The van der Waals surface area contributed by atoms with Crippen molar-refractivity contribution in [2.75, 3.05) is 39.3 Å². The Morgan fingerprint density at radius 1 is 1.19 bits per heavy atom. The van der Waals surface area contributed by atoms with Gasteiger partial charge in [-0.05, 0) is 51.0 Å². The average molecular weight is 443 g/mol. The topological polar surface area (TPSA) is 66.0 Å². The molecule has 2 N–H and O–H groups in total. The number of hydrogen-bond donors (Lipinski definition) is 2. The third kappa shape index (κ3) is 7.80. The van der Waals surface area contributed by atoms with Gasteiger partial charge in [-0.25, -0.2) is 0 Å². The predicted octanol–water partition coefficient (Wildman–Crippen LogP) is 3.62. The summed E-state index contributed by atoms with van der Waals surface area (Å²) in [7, 11) is 0. The molecule has 2 fully saturated rings. The van der Waals surface area contributed by atoms with Gasteiger partial charge in [0.15, 0.2) is 5.96 Å². The van der Waals surface area contributed by atoms with Gasteiger partial charge in [-0.3, -0.25) is 9.79 Å². The molecule has 1 aromatic rings. The third-order valence-corrected chi connectivity index (χ3v) is 6.69. The van der Waals surface area contributed by atoms with Crippen molar-refractivity contribution in [1.82, 2.24) is 15.5 Å². The van der Waals surface area contributed by atoms with E-state index in [1.54, 1.807) is 0 Å². The van der Waals surface area contributed by atoms with Crippen LogP contribution >= 0.6 is 0 Å². The molecule has 0 radical (unpaired) electrons. The van der Waals surface area contributed by atoms with Crippen LogP contribution in [0.4, 0.5) is 0 Å². The number of benzene rings is 1. The van der Waals surface area contributed by atoms with Crippen molar-refractivity contribution in [3.63, 3.8) is 0 Å². The van der Waals surface area contributed by atoms with Gasteiger partial charge in [0, 0.05) is 51.7 Å². The van der Waals surface area contributed by atoms with Crippen LogP contribution in [-0.2, 0) is 16.0 Å². The van der Waals surface area contributed by atoms with Crippen LogP contribution in [-0.4, -0.2) is 62.2 Å². The lowest BCUT2D eigenvalue weighted by Gasteiger charge is -2.24. The van der Waals surface area contributed by atoms with Gasteiger partial charge >= 0.3 is 0 Å². The summed E-state index contributed by atoms with van der Waals surface area (Å²) >= 11 is 0. The van der Waals surface area contributed by atoms with Crippen molar-refractivity contribution in [1.29, 1.82) is 0 Å². The summed E-state index contributed by atoms with van der Waals surface area (Å²) in [5.74, 6) is 2.12. The van der Waals surface area contributed by atoms with E-state index in [9.17, 15) is 4.79 Å². The van der Waals surface area contributed by atoms with Crippen LogP contribution in [0.15, 0.2) is 35.3 Å². The SMILES string of the molecule is CCNC(=NCC1CC(=O)N(CCc2ccccc2)C1)NCCC(OCC)C1CCCC1. The van der Waals surface area contributed by atoms with Gasteiger partial charge in [0.2, 0.25) is 5.91 Å². The van der Waals surface area contributed by atoms with Gasteiger partial charge in [0.1, 0.15) is 0 Å². The van der Waals surface area contributed by atoms with Crippen LogP contribution in [0.3, 0.4) is 0 Å². The second-order valence-corrected chi connectivity index (χ2v) is 9.12. The van der Waals surface area contributed by atoms with Crippen molar-refractivity contribution in [2.24, 2.45) is 16.8 Å². The minimum Gasteiger partial charge on any atom is -0.378 e. The van der Waals surface area contributed by atoms with Crippen LogP contribution < -0.4 is 10.6 Å². The van der Waals surface area contributed by atoms with Gasteiger partial charge in [-0.1, -0.05) is 43.2 Å². The molecule has 3 rings (SSSR count). The third-order valence-electron chi connectivity index (χ3n) is 6.69. The summed E-state index contributed by atoms with van der Waals surface area (Å²) in [6, 6.07) is 10.4. The summed E-state index contributed by atoms with van der Waals surface area (Å²) in [5.41, 5.74) is 1.28. The summed E-state index contributed by atoms with van der Waals surface area (Å²) in [6.45, 7) is 8.93. The van der Waals surface area contributed by atoms with E-state index >= 15 is 0 Å². The first-order valence-electron chi connectivity index (χ1n) is 12.6. The smallest absolute Gasteiger partial charge is 0.223 e. The molecule has 0 spiro atoms. The lowest BCUT2D eigenvalue weighted by atomic mass is 9.98. The number of carbonyl (C=O) groups is 1. The molecule has 2 unspecified atom stereocenters. The standard InChI is InChI=1S/C26H42N4O2/c1-3-27-26(28-16-14-24(32-4-2)23-12-8-9-13-23)29-19-22-18-25(31)30(20-22)17-15-21-10-6-5-7-11-21/h5-7,10-11,22-24H,3-4,8-9,12-20H2,1-2H3,(H2,27,28,29). The molecule has 1 saturated carbocycles. The number of ether oxygens (including phenoxy) is 1. The number of rotatable bonds is 12. The monoisotopic (exact) mass is 442 g/mol. The van der Waals surface area contributed by atoms with Crippen molar-refractivity contribution in [3.8, 4) is 0 Å². The maximum atomic E-state index is 12.4. The van der Waals surface area contributed by atoms with Crippen LogP contribution in [0.1, 0.15) is 57.9 Å². The average Bonchev–Trinajstić information content (AvgIpc) is 3.46. The van der Waals surface area contributed by atoms with Crippen LogP contribution in [0.25, 0.3) is 0 Å². The quantitative estimate of drug-likeness (QED) is 0.383. The highest BCUT2D eigenvalue weighted by Crippen LogP contribution is 2.30. The summed E-state index contributed by atoms with van der Waals surface area (Å²) in [5, 5.41) is 6.84. The van der Waals surface area contributed by atoms with Gasteiger partial charge in [0.25, 0.3) is 0 Å². The lowest BCUT2D eigenvalue weighted by molar-refractivity contribution is -0.127. The molecule has 0 aromatic heterocycles. The Hall–Kier alpha value is -2.08. The van der Waals surface area contributed by atoms with Crippen LogP contribution in [0.2, 0.25) is 0 Å². The molecule has 6 heteroatoms. The van der Waals surface area contributed by atoms with E-state index < -0.39 is 0 Å². The second-order valence-electron chi connectivity index (χ2n) is 9.12. The maximum Gasteiger partial charge on any atom is 0.223 e. The number of guanidine groups is 1. The molecule has 0 bridgehead atoms. The van der Waals surface area contributed by atoms with Crippen molar-refractivity contribution < 1.29 is 9.53 Å². The molecule has 32 heavy (non-hydrogen) atoms. The molecule has 2 aliphatic rings. The Bertz CT molecular complexity index is 703. The first-order chi connectivity index (χ1) is 15.7. The van der Waals surface area contributed by atoms with Crippen LogP contribution in [0, 0.1) is 11.8 Å². The number of amides is 1. The fourth-order valence-corrected chi connectivity index (χ4v) is 4.99. The lowest BCUT2D eigenvalue weighted by Crippen LogP contribution is -2.40. The minimum absolute atomic E-state index is 0.259. The minimum atomic E-state index is 0.259. The zero-order valence-corrected chi connectivity index (χ0v) is 20.0. The number of likely N-dealkylation sites (tertiary alicyclic amines) is 1. The van der Waals surface area contributed by atoms with Crippen molar-refractivity contribution in [2.45, 2.75) is 64.9 Å². The molecule has 2 atom stereocenters. The Balaban J connectivity index is 1.43. The highest BCUT2D eigenvalue weighted by atomic mass is 16.5. The molecule has 6 nitrogen and oxygen atoms in total. The normalized spacial score (nSPS) is 20.7. The fraction of sp³-hybridized carbons (Fsp3) is 0.692. The Morgan fingerprint density at radius 3 is 2.69 bits per heavy atom. The largest absolute Gasteiger partial charge is 0.378 e. The Morgan fingerprint density at radius 2 is 1.97 bits per heavy atom. The fourth-order valence-electron chi connectivity index (χ4n) is 4.99. The molecule has 178 valence electrons. The van der Waals surface area contributed by atoms with E-state index in [1.807, 2.05) is 11.0 Å². The summed E-state index contributed by atoms with van der Waals surface area (Å²) in [6.07, 6.45) is 8.16. The van der Waals surface area contributed by atoms with E-state index in [0.29, 0.717) is 30.9 Å².